The van der Waals surface area contributed by atoms with E-state index in [4.69, 9.17) is 0 Å². The van der Waals surface area contributed by atoms with Crippen molar-refractivity contribution in [3.8, 4) is 0 Å². The summed E-state index contributed by atoms with van der Waals surface area (Å²) in [6.45, 7) is 4.61. The lowest BCUT2D eigenvalue weighted by molar-refractivity contribution is 0.659. The number of hydrogen-bond donors (Lipinski definition) is 0. The molecule has 3 heteroatoms. The first-order chi connectivity index (χ1) is 6.79. The van der Waals surface area contributed by atoms with Gasteiger partial charge in [-0.05, 0) is 24.0 Å². The normalized spacial score (nSPS) is 21.6. The molecule has 1 aromatic rings. The zero-order valence-electron chi connectivity index (χ0n) is 8.41. The third kappa shape index (κ3) is 2.08. The summed E-state index contributed by atoms with van der Waals surface area (Å²) in [4.78, 5) is 6.83. The van der Waals surface area contributed by atoms with Crippen molar-refractivity contribution in [2.24, 2.45) is 5.92 Å². The van der Waals surface area contributed by atoms with Crippen molar-refractivity contribution in [3.05, 3.63) is 23.9 Å². The van der Waals surface area contributed by atoms with E-state index in [1.54, 1.807) is 0 Å². The molecule has 0 aromatic carbocycles. The van der Waals surface area contributed by atoms with Crippen molar-refractivity contribution in [1.29, 1.82) is 0 Å². The Morgan fingerprint density at radius 3 is 2.93 bits per heavy atom. The average Bonchev–Trinajstić information content (AvgIpc) is 2.65. The van der Waals surface area contributed by atoms with Crippen molar-refractivity contribution in [3.63, 3.8) is 0 Å². The Bertz CT molecular complexity index is 297. The van der Waals surface area contributed by atoms with Gasteiger partial charge < -0.3 is 4.90 Å². The molecule has 1 fully saturated rings. The van der Waals surface area contributed by atoms with Crippen LogP contribution in [0.2, 0.25) is 0 Å². The van der Waals surface area contributed by atoms with Crippen LogP contribution in [0.25, 0.3) is 0 Å². The summed E-state index contributed by atoms with van der Waals surface area (Å²) in [6.07, 6.45) is 3.24. The van der Waals surface area contributed by atoms with Gasteiger partial charge >= 0.3 is 0 Å². The molecule has 1 aliphatic heterocycles. The van der Waals surface area contributed by atoms with Gasteiger partial charge in [0.15, 0.2) is 0 Å². The van der Waals surface area contributed by atoms with Crippen LogP contribution in [0.5, 0.6) is 0 Å². The molecule has 76 valence electrons. The first-order valence-electron chi connectivity index (χ1n) is 5.05. The monoisotopic (exact) mass is 254 g/mol. The van der Waals surface area contributed by atoms with Crippen LogP contribution in [-0.2, 0) is 5.33 Å². The molecule has 1 atom stereocenters. The maximum Gasteiger partial charge on any atom is 0.128 e. The summed E-state index contributed by atoms with van der Waals surface area (Å²) >= 11 is 3.42. The van der Waals surface area contributed by atoms with E-state index in [9.17, 15) is 0 Å². The van der Waals surface area contributed by atoms with E-state index in [1.165, 1.54) is 12.0 Å². The molecule has 1 aromatic heterocycles. The van der Waals surface area contributed by atoms with E-state index >= 15 is 0 Å². The summed E-state index contributed by atoms with van der Waals surface area (Å²) < 4.78 is 0. The second-order valence-corrected chi connectivity index (χ2v) is 4.56. The van der Waals surface area contributed by atoms with E-state index in [0.717, 1.165) is 30.2 Å². The van der Waals surface area contributed by atoms with Gasteiger partial charge in [-0.1, -0.05) is 28.9 Å². The molecule has 0 N–H and O–H groups in total. The minimum absolute atomic E-state index is 0.813. The quantitative estimate of drug-likeness (QED) is 0.755. The van der Waals surface area contributed by atoms with E-state index in [0.29, 0.717) is 0 Å². The Morgan fingerprint density at radius 2 is 2.43 bits per heavy atom. The molecular weight excluding hydrogens is 240 g/mol. The molecular formula is C11H15BrN2. The van der Waals surface area contributed by atoms with Gasteiger partial charge in [-0.15, -0.1) is 0 Å². The molecule has 0 spiro atoms. The number of alkyl halides is 1. The molecule has 0 aliphatic carbocycles. The molecule has 0 bridgehead atoms. The van der Waals surface area contributed by atoms with Crippen molar-refractivity contribution < 1.29 is 0 Å². The maximum atomic E-state index is 4.46. The van der Waals surface area contributed by atoms with Gasteiger partial charge in [0.2, 0.25) is 0 Å². The molecule has 0 saturated carbocycles. The fraction of sp³-hybridized carbons (Fsp3) is 0.545. The summed E-state index contributed by atoms with van der Waals surface area (Å²) in [5.74, 6) is 1.94. The van der Waals surface area contributed by atoms with Crippen LogP contribution in [0.15, 0.2) is 18.3 Å². The number of halogens is 1. The lowest BCUT2D eigenvalue weighted by Gasteiger charge is -2.16. The molecule has 1 aliphatic rings. The molecule has 0 radical (unpaired) electrons. The second-order valence-electron chi connectivity index (χ2n) is 4.00. The fourth-order valence-electron chi connectivity index (χ4n) is 1.83. The summed E-state index contributed by atoms with van der Waals surface area (Å²) in [5.41, 5.74) is 1.24. The van der Waals surface area contributed by atoms with Crippen LogP contribution >= 0.6 is 15.9 Å². The third-order valence-electron chi connectivity index (χ3n) is 2.71. The molecule has 1 unspecified atom stereocenters. The first kappa shape index (κ1) is 9.97. The van der Waals surface area contributed by atoms with Crippen LogP contribution < -0.4 is 4.90 Å². The van der Waals surface area contributed by atoms with Crippen molar-refractivity contribution in [2.45, 2.75) is 18.7 Å². The minimum Gasteiger partial charge on any atom is -0.356 e. The topological polar surface area (TPSA) is 16.1 Å². The highest BCUT2D eigenvalue weighted by atomic mass is 79.9. The van der Waals surface area contributed by atoms with Gasteiger partial charge in [0.25, 0.3) is 0 Å². The molecule has 1 saturated heterocycles. The van der Waals surface area contributed by atoms with Gasteiger partial charge in [0.1, 0.15) is 5.82 Å². The van der Waals surface area contributed by atoms with Crippen molar-refractivity contribution >= 4 is 21.7 Å². The summed E-state index contributed by atoms with van der Waals surface area (Å²) in [7, 11) is 0. The van der Waals surface area contributed by atoms with E-state index < -0.39 is 0 Å². The highest BCUT2D eigenvalue weighted by Crippen LogP contribution is 2.21. The van der Waals surface area contributed by atoms with Gasteiger partial charge in [-0.2, -0.15) is 0 Å². The van der Waals surface area contributed by atoms with Crippen LogP contribution in [-0.4, -0.2) is 18.1 Å². The highest BCUT2D eigenvalue weighted by Gasteiger charge is 2.19. The number of nitrogens with zero attached hydrogens (tertiary/aromatic N) is 2. The number of rotatable bonds is 2. The Hall–Kier alpha value is -0.570. The Kier molecular flexibility index (Phi) is 3.06. The SMILES string of the molecule is CC1CCN(c2ccc(CBr)cn2)C1. The Labute approximate surface area is 93.5 Å². The Morgan fingerprint density at radius 1 is 1.57 bits per heavy atom. The first-order valence-corrected chi connectivity index (χ1v) is 6.17. The van der Waals surface area contributed by atoms with E-state index in [-0.39, 0.29) is 0 Å². The number of pyridine rings is 1. The predicted octanol–water partition coefficient (Wildman–Crippen LogP) is 2.82. The molecule has 2 rings (SSSR count). The third-order valence-corrected chi connectivity index (χ3v) is 3.36. The van der Waals surface area contributed by atoms with Crippen molar-refractivity contribution in [1.82, 2.24) is 4.98 Å². The Balaban J connectivity index is 2.09. The van der Waals surface area contributed by atoms with Gasteiger partial charge in [0, 0.05) is 24.6 Å². The van der Waals surface area contributed by atoms with E-state index in [2.05, 4.69) is 44.9 Å². The molecule has 2 nitrogen and oxygen atoms in total. The molecule has 14 heavy (non-hydrogen) atoms. The van der Waals surface area contributed by atoms with Crippen LogP contribution in [0.1, 0.15) is 18.9 Å². The summed E-state index contributed by atoms with van der Waals surface area (Å²) in [6, 6.07) is 4.26. The summed E-state index contributed by atoms with van der Waals surface area (Å²) in [5, 5.41) is 0.886. The van der Waals surface area contributed by atoms with Gasteiger partial charge in [-0.25, -0.2) is 4.98 Å². The lowest BCUT2D eigenvalue weighted by atomic mass is 10.2. The van der Waals surface area contributed by atoms with E-state index in [1.807, 2.05) is 6.20 Å². The van der Waals surface area contributed by atoms with Gasteiger partial charge in [-0.3, -0.25) is 0 Å². The largest absolute Gasteiger partial charge is 0.356 e. The molecule has 2 heterocycles. The van der Waals surface area contributed by atoms with Crippen molar-refractivity contribution in [2.75, 3.05) is 18.0 Å². The minimum atomic E-state index is 0.813. The highest BCUT2D eigenvalue weighted by molar-refractivity contribution is 9.08. The maximum absolute atomic E-state index is 4.46. The zero-order chi connectivity index (χ0) is 9.97. The van der Waals surface area contributed by atoms with Crippen LogP contribution in [0, 0.1) is 5.92 Å². The van der Waals surface area contributed by atoms with Crippen LogP contribution in [0.4, 0.5) is 5.82 Å². The van der Waals surface area contributed by atoms with Gasteiger partial charge in [0.05, 0.1) is 0 Å². The predicted molar refractivity (Wildman–Crippen MR) is 62.9 cm³/mol. The number of anilines is 1. The molecule has 0 amide bonds. The lowest BCUT2D eigenvalue weighted by Crippen LogP contribution is -2.20. The average molecular weight is 255 g/mol. The standard InChI is InChI=1S/C11H15BrN2/c1-9-4-5-14(8-9)11-3-2-10(6-12)7-13-11/h2-3,7,9H,4-6,8H2,1H3. The zero-order valence-corrected chi connectivity index (χ0v) is 10.00. The smallest absolute Gasteiger partial charge is 0.128 e. The fourth-order valence-corrected chi connectivity index (χ4v) is 2.16. The second kappa shape index (κ2) is 4.30. The number of aromatic nitrogens is 1. The van der Waals surface area contributed by atoms with Crippen LogP contribution in [0.3, 0.4) is 0 Å². The number of hydrogen-bond acceptors (Lipinski definition) is 2.